The quantitative estimate of drug-likeness (QED) is 0.431. The summed E-state index contributed by atoms with van der Waals surface area (Å²) in [4.78, 5) is 4.33. The van der Waals surface area contributed by atoms with E-state index in [-0.39, 0.29) is 24.0 Å². The lowest BCUT2D eigenvalue weighted by molar-refractivity contribution is 0.405. The molecule has 1 heterocycles. The monoisotopic (exact) mass is 431 g/mol. The van der Waals surface area contributed by atoms with Crippen LogP contribution in [0.4, 0.5) is 5.69 Å². The fraction of sp³-hybridized carbons (Fsp3) is 0.333. The summed E-state index contributed by atoms with van der Waals surface area (Å²) in [6.07, 6.45) is 1.79. The molecule has 0 bridgehead atoms. The normalized spacial score (nSPS) is 10.9. The van der Waals surface area contributed by atoms with Gasteiger partial charge in [0.1, 0.15) is 11.5 Å². The average molecular weight is 431 g/mol. The van der Waals surface area contributed by atoms with E-state index in [2.05, 4.69) is 15.4 Å². The number of anilines is 1. The first kappa shape index (κ1) is 19.1. The van der Waals surface area contributed by atoms with Crippen LogP contribution in [0.1, 0.15) is 11.3 Å². The fourth-order valence-corrected chi connectivity index (χ4v) is 1.96. The Morgan fingerprint density at radius 2 is 2.09 bits per heavy atom. The van der Waals surface area contributed by atoms with Crippen LogP contribution in [0.2, 0.25) is 0 Å². The molecule has 1 aromatic carbocycles. The van der Waals surface area contributed by atoms with Gasteiger partial charge in [-0.05, 0) is 19.1 Å². The third-order valence-corrected chi connectivity index (χ3v) is 3.43. The van der Waals surface area contributed by atoms with E-state index < -0.39 is 0 Å². The highest BCUT2D eigenvalue weighted by Gasteiger charge is 2.07. The third-order valence-electron chi connectivity index (χ3n) is 3.43. The van der Waals surface area contributed by atoms with Crippen molar-refractivity contribution in [1.29, 1.82) is 0 Å². The minimum Gasteiger partial charge on any atom is -0.497 e. The largest absolute Gasteiger partial charge is 0.497 e. The van der Waals surface area contributed by atoms with Gasteiger partial charge in [0.05, 0.1) is 32.6 Å². The molecule has 2 rings (SSSR count). The molecule has 0 atom stereocenters. The zero-order valence-electron chi connectivity index (χ0n) is 13.7. The van der Waals surface area contributed by atoms with Gasteiger partial charge in [-0.15, -0.1) is 24.0 Å². The lowest BCUT2D eigenvalue weighted by Gasteiger charge is -2.12. The minimum atomic E-state index is 0. The SMILES string of the molecule is COc1ccc(OC)c(NC(N)=NCc2cnn(C)c2C)c1.I. The van der Waals surface area contributed by atoms with Crippen molar-refractivity contribution in [3.8, 4) is 11.5 Å². The predicted octanol–water partition coefficient (Wildman–Crippen LogP) is 2.29. The van der Waals surface area contributed by atoms with Crippen molar-refractivity contribution >= 4 is 35.6 Å². The number of nitrogens with two attached hydrogens (primary N) is 1. The minimum absolute atomic E-state index is 0. The molecule has 0 aliphatic heterocycles. The molecule has 126 valence electrons. The molecule has 8 heteroatoms. The smallest absolute Gasteiger partial charge is 0.193 e. The predicted molar refractivity (Wildman–Crippen MR) is 102 cm³/mol. The summed E-state index contributed by atoms with van der Waals surface area (Å²) in [5, 5.41) is 7.21. The van der Waals surface area contributed by atoms with Gasteiger partial charge in [-0.3, -0.25) is 4.68 Å². The maximum atomic E-state index is 5.94. The standard InChI is InChI=1S/C15H21N5O2.HI/c1-10-11(9-18-20(10)2)8-17-15(16)19-13-7-12(21-3)5-6-14(13)22-4;/h5-7,9H,8H2,1-4H3,(H3,16,17,19);1H. The van der Waals surface area contributed by atoms with Gasteiger partial charge < -0.3 is 20.5 Å². The molecule has 2 aromatic rings. The number of methoxy groups -OCH3 is 2. The number of hydrogen-bond donors (Lipinski definition) is 2. The summed E-state index contributed by atoms with van der Waals surface area (Å²) in [5.41, 5.74) is 8.74. The van der Waals surface area contributed by atoms with E-state index in [1.165, 1.54) is 0 Å². The summed E-state index contributed by atoms with van der Waals surface area (Å²) < 4.78 is 12.3. The van der Waals surface area contributed by atoms with Crippen molar-refractivity contribution < 1.29 is 9.47 Å². The van der Waals surface area contributed by atoms with Crippen LogP contribution in [0.5, 0.6) is 11.5 Å². The Morgan fingerprint density at radius 3 is 2.65 bits per heavy atom. The molecular formula is C15H22IN5O2. The molecule has 3 N–H and O–H groups in total. The van der Waals surface area contributed by atoms with Crippen molar-refractivity contribution in [3.05, 3.63) is 35.7 Å². The first-order valence-corrected chi connectivity index (χ1v) is 6.81. The first-order chi connectivity index (χ1) is 10.5. The Hall–Kier alpha value is -1.97. The van der Waals surface area contributed by atoms with E-state index in [1.54, 1.807) is 37.2 Å². The van der Waals surface area contributed by atoms with E-state index >= 15 is 0 Å². The molecule has 1 aromatic heterocycles. The molecule has 0 amide bonds. The highest BCUT2D eigenvalue weighted by molar-refractivity contribution is 14.0. The summed E-state index contributed by atoms with van der Waals surface area (Å²) in [7, 11) is 5.10. The number of aliphatic imine (C=N–C) groups is 1. The van der Waals surface area contributed by atoms with Gasteiger partial charge in [-0.25, -0.2) is 4.99 Å². The number of aromatic nitrogens is 2. The molecule has 0 saturated carbocycles. The van der Waals surface area contributed by atoms with E-state index in [9.17, 15) is 0 Å². The summed E-state index contributed by atoms with van der Waals surface area (Å²) in [6, 6.07) is 5.42. The number of nitrogens with one attached hydrogen (secondary N) is 1. The van der Waals surface area contributed by atoms with Crippen LogP contribution in [0, 0.1) is 6.92 Å². The molecule has 23 heavy (non-hydrogen) atoms. The Labute approximate surface area is 152 Å². The second-order valence-corrected chi connectivity index (χ2v) is 4.77. The van der Waals surface area contributed by atoms with E-state index in [0.717, 1.165) is 11.3 Å². The fourth-order valence-electron chi connectivity index (χ4n) is 1.96. The average Bonchev–Trinajstić information content (AvgIpc) is 2.84. The number of nitrogens with zero attached hydrogens (tertiary/aromatic N) is 3. The van der Waals surface area contributed by atoms with E-state index in [4.69, 9.17) is 15.2 Å². The van der Waals surface area contributed by atoms with Crippen molar-refractivity contribution in [2.75, 3.05) is 19.5 Å². The van der Waals surface area contributed by atoms with Crippen molar-refractivity contribution in [2.24, 2.45) is 17.8 Å². The second-order valence-electron chi connectivity index (χ2n) is 4.77. The van der Waals surface area contributed by atoms with E-state index in [0.29, 0.717) is 29.7 Å². The second kappa shape index (κ2) is 8.61. The third kappa shape index (κ3) is 4.75. The maximum Gasteiger partial charge on any atom is 0.193 e. The molecule has 0 aliphatic rings. The van der Waals surface area contributed by atoms with E-state index in [1.807, 2.05) is 20.0 Å². The Morgan fingerprint density at radius 1 is 1.35 bits per heavy atom. The Bertz CT molecular complexity index is 685. The number of benzene rings is 1. The molecule has 0 saturated heterocycles. The van der Waals surface area contributed by atoms with Crippen LogP contribution >= 0.6 is 24.0 Å². The molecule has 0 unspecified atom stereocenters. The molecule has 0 spiro atoms. The summed E-state index contributed by atoms with van der Waals surface area (Å²) in [6.45, 7) is 2.46. The highest BCUT2D eigenvalue weighted by atomic mass is 127. The van der Waals surface area contributed by atoms with Gasteiger partial charge in [0.25, 0.3) is 0 Å². The number of guanidine groups is 1. The van der Waals surface area contributed by atoms with Gasteiger partial charge in [0.2, 0.25) is 0 Å². The van der Waals surface area contributed by atoms with Crippen LogP contribution in [-0.4, -0.2) is 30.0 Å². The zero-order valence-corrected chi connectivity index (χ0v) is 16.0. The van der Waals surface area contributed by atoms with Gasteiger partial charge in [0.15, 0.2) is 5.96 Å². The highest BCUT2D eigenvalue weighted by Crippen LogP contribution is 2.28. The number of rotatable bonds is 5. The number of ether oxygens (including phenoxy) is 2. The molecule has 0 radical (unpaired) electrons. The Kier molecular flexibility index (Phi) is 7.14. The molecule has 0 aliphatic carbocycles. The molecular weight excluding hydrogens is 409 g/mol. The lowest BCUT2D eigenvalue weighted by atomic mass is 10.2. The lowest BCUT2D eigenvalue weighted by Crippen LogP contribution is -2.23. The molecule has 7 nitrogen and oxygen atoms in total. The van der Waals surface area contributed by atoms with Crippen LogP contribution in [0.15, 0.2) is 29.4 Å². The Balaban J connectivity index is 0.00000264. The van der Waals surface area contributed by atoms with Crippen molar-refractivity contribution in [3.63, 3.8) is 0 Å². The number of halogens is 1. The summed E-state index contributed by atoms with van der Waals surface area (Å²) in [5.74, 6) is 1.67. The zero-order chi connectivity index (χ0) is 16.1. The number of hydrogen-bond acceptors (Lipinski definition) is 4. The number of aryl methyl sites for hydroxylation is 1. The van der Waals surface area contributed by atoms with Crippen LogP contribution in [0.25, 0.3) is 0 Å². The maximum absolute atomic E-state index is 5.94. The van der Waals surface area contributed by atoms with Crippen LogP contribution in [-0.2, 0) is 13.6 Å². The van der Waals surface area contributed by atoms with Crippen molar-refractivity contribution in [2.45, 2.75) is 13.5 Å². The van der Waals surface area contributed by atoms with Gasteiger partial charge >= 0.3 is 0 Å². The summed E-state index contributed by atoms with van der Waals surface area (Å²) >= 11 is 0. The van der Waals surface area contributed by atoms with Gasteiger partial charge in [0, 0.05) is 24.4 Å². The van der Waals surface area contributed by atoms with Crippen molar-refractivity contribution in [1.82, 2.24) is 9.78 Å². The van der Waals surface area contributed by atoms with Crippen LogP contribution in [0.3, 0.4) is 0 Å². The van der Waals surface area contributed by atoms with Gasteiger partial charge in [-0.1, -0.05) is 0 Å². The topological polar surface area (TPSA) is 86.7 Å². The molecule has 0 fully saturated rings. The van der Waals surface area contributed by atoms with Crippen LogP contribution < -0.4 is 20.5 Å². The first-order valence-electron chi connectivity index (χ1n) is 6.81. The van der Waals surface area contributed by atoms with Gasteiger partial charge in [-0.2, -0.15) is 5.10 Å².